The molecule has 0 saturated carbocycles. The summed E-state index contributed by atoms with van der Waals surface area (Å²) in [4.78, 5) is 0. The van der Waals surface area contributed by atoms with E-state index in [4.69, 9.17) is 0 Å². The van der Waals surface area contributed by atoms with Crippen molar-refractivity contribution in [2.75, 3.05) is 0 Å². The molecule has 0 heterocycles. The highest BCUT2D eigenvalue weighted by Crippen LogP contribution is 2.29. The van der Waals surface area contributed by atoms with Crippen molar-refractivity contribution in [2.45, 2.75) is 19.8 Å². The van der Waals surface area contributed by atoms with E-state index in [0.717, 1.165) is 0 Å². The average Bonchev–Trinajstić information content (AvgIpc) is 2.86. The average molecular weight is 286 g/mol. The Balaban J connectivity index is 1.95. The number of allylic oxidation sites excluding steroid dienone is 12. The van der Waals surface area contributed by atoms with Crippen LogP contribution in [0.4, 0.5) is 0 Å². The molecule has 1 unspecified atom stereocenters. The molecule has 0 amide bonds. The van der Waals surface area contributed by atoms with Crippen molar-refractivity contribution in [3.63, 3.8) is 0 Å². The summed E-state index contributed by atoms with van der Waals surface area (Å²) in [7, 11) is 0. The van der Waals surface area contributed by atoms with Gasteiger partial charge in [-0.05, 0) is 16.7 Å². The molecule has 0 radical (unpaired) electrons. The minimum Gasteiger partial charge on any atom is -0.0751 e. The predicted octanol–water partition coefficient (Wildman–Crippen LogP) is 5.90. The lowest BCUT2D eigenvalue weighted by Gasteiger charge is -2.13. The van der Waals surface area contributed by atoms with E-state index < -0.39 is 0 Å². The first-order chi connectivity index (χ1) is 10.6. The van der Waals surface area contributed by atoms with Crippen molar-refractivity contribution >= 4 is 0 Å². The Bertz CT molecular complexity index is 704. The maximum Gasteiger partial charge on any atom is 0.0210 e. The van der Waals surface area contributed by atoms with E-state index in [9.17, 15) is 0 Å². The molecule has 22 heavy (non-hydrogen) atoms. The quantitative estimate of drug-likeness (QED) is 0.635. The molecule has 2 aliphatic rings. The van der Waals surface area contributed by atoms with Gasteiger partial charge in [-0.3, -0.25) is 0 Å². The molecule has 110 valence electrons. The highest BCUT2D eigenvalue weighted by atomic mass is 14.2. The Morgan fingerprint density at radius 3 is 2.45 bits per heavy atom. The first-order valence-electron chi connectivity index (χ1n) is 7.85. The van der Waals surface area contributed by atoms with Crippen LogP contribution in [-0.4, -0.2) is 0 Å². The fraction of sp³-hybridized carbons (Fsp3) is 0.182. The van der Waals surface area contributed by atoms with Gasteiger partial charge in [0.25, 0.3) is 0 Å². The molecule has 1 aromatic rings. The van der Waals surface area contributed by atoms with Crippen LogP contribution in [0, 0.1) is 5.41 Å². The highest BCUT2D eigenvalue weighted by molar-refractivity contribution is 5.53. The third-order valence-electron chi connectivity index (χ3n) is 4.08. The topological polar surface area (TPSA) is 0 Å². The van der Waals surface area contributed by atoms with Crippen LogP contribution in [0.5, 0.6) is 0 Å². The van der Waals surface area contributed by atoms with Gasteiger partial charge in [-0.1, -0.05) is 105 Å². The van der Waals surface area contributed by atoms with Crippen LogP contribution in [0.25, 0.3) is 0 Å². The summed E-state index contributed by atoms with van der Waals surface area (Å²) in [6.07, 6.45) is 22.2. The maximum atomic E-state index is 2.34. The molecule has 0 heteroatoms. The Morgan fingerprint density at radius 1 is 0.818 bits per heavy atom. The number of hydrogen-bond donors (Lipinski definition) is 0. The van der Waals surface area contributed by atoms with Gasteiger partial charge in [-0.2, -0.15) is 0 Å². The van der Waals surface area contributed by atoms with Crippen LogP contribution in [0.1, 0.15) is 25.3 Å². The molecular weight excluding hydrogens is 264 g/mol. The molecule has 3 rings (SSSR count). The van der Waals surface area contributed by atoms with E-state index in [1.54, 1.807) is 0 Å². The number of benzene rings is 1. The number of hydrogen-bond acceptors (Lipinski definition) is 0. The lowest BCUT2D eigenvalue weighted by atomic mass is 9.92. The highest BCUT2D eigenvalue weighted by Gasteiger charge is 2.13. The van der Waals surface area contributed by atoms with E-state index in [0.29, 0.717) is 5.92 Å². The van der Waals surface area contributed by atoms with Crippen LogP contribution >= 0.6 is 0 Å². The molecule has 0 bridgehead atoms. The predicted molar refractivity (Wildman–Crippen MR) is 95.7 cm³/mol. The summed E-state index contributed by atoms with van der Waals surface area (Å²) in [6, 6.07) is 10.6. The van der Waals surface area contributed by atoms with Gasteiger partial charge in [0, 0.05) is 11.3 Å². The van der Waals surface area contributed by atoms with E-state index in [-0.39, 0.29) is 5.41 Å². The fourth-order valence-electron chi connectivity index (χ4n) is 2.73. The summed E-state index contributed by atoms with van der Waals surface area (Å²) in [5, 5.41) is 0. The van der Waals surface area contributed by atoms with Gasteiger partial charge >= 0.3 is 0 Å². The third kappa shape index (κ3) is 3.46. The van der Waals surface area contributed by atoms with Gasteiger partial charge in [0.05, 0.1) is 0 Å². The third-order valence-corrected chi connectivity index (χ3v) is 4.08. The van der Waals surface area contributed by atoms with Crippen molar-refractivity contribution in [1.29, 1.82) is 0 Å². The van der Waals surface area contributed by atoms with Crippen molar-refractivity contribution in [3.8, 4) is 0 Å². The van der Waals surface area contributed by atoms with E-state index in [2.05, 4.69) is 105 Å². The van der Waals surface area contributed by atoms with Crippen LogP contribution in [-0.2, 0) is 0 Å². The second-order valence-corrected chi connectivity index (χ2v) is 6.44. The monoisotopic (exact) mass is 286 g/mol. The maximum absolute atomic E-state index is 2.34. The van der Waals surface area contributed by atoms with Gasteiger partial charge in [0.2, 0.25) is 0 Å². The van der Waals surface area contributed by atoms with E-state index >= 15 is 0 Å². The lowest BCUT2D eigenvalue weighted by Crippen LogP contribution is -2.00. The summed E-state index contributed by atoms with van der Waals surface area (Å²) >= 11 is 0. The zero-order valence-corrected chi connectivity index (χ0v) is 13.2. The molecule has 1 atom stereocenters. The molecular formula is C22H22. The van der Waals surface area contributed by atoms with Crippen molar-refractivity contribution in [2.24, 2.45) is 5.41 Å². The first-order valence-corrected chi connectivity index (χ1v) is 7.85. The van der Waals surface area contributed by atoms with E-state index in [1.807, 2.05) is 0 Å². The van der Waals surface area contributed by atoms with Gasteiger partial charge < -0.3 is 0 Å². The van der Waals surface area contributed by atoms with Crippen molar-refractivity contribution < 1.29 is 0 Å². The molecule has 0 aliphatic heterocycles. The zero-order chi connectivity index (χ0) is 15.4. The van der Waals surface area contributed by atoms with Crippen LogP contribution < -0.4 is 0 Å². The molecule has 0 fully saturated rings. The standard InChI is InChI=1S/C22H22/c1-22(2)15-8-13-19(14-16-22)21-12-7-6-11-20(17-21)18-9-4-3-5-10-18/h3-17,20H,1-2H3. The minimum absolute atomic E-state index is 0.115. The second kappa shape index (κ2) is 6.19. The molecule has 0 nitrogen and oxygen atoms in total. The van der Waals surface area contributed by atoms with Gasteiger partial charge in [-0.15, -0.1) is 0 Å². The van der Waals surface area contributed by atoms with E-state index in [1.165, 1.54) is 16.7 Å². The minimum atomic E-state index is 0.115. The SMILES string of the molecule is CC1(C)C=CC=C(C2=CC(c3ccccc3)C=CC=C2)C=C1. The molecule has 0 spiro atoms. The summed E-state index contributed by atoms with van der Waals surface area (Å²) in [5.41, 5.74) is 3.99. The molecule has 0 aromatic heterocycles. The Morgan fingerprint density at radius 2 is 1.64 bits per heavy atom. The first kappa shape index (κ1) is 14.6. The number of rotatable bonds is 2. The van der Waals surface area contributed by atoms with Crippen LogP contribution in [0.3, 0.4) is 0 Å². The zero-order valence-electron chi connectivity index (χ0n) is 13.2. The smallest absolute Gasteiger partial charge is 0.0210 e. The Labute approximate surface area is 133 Å². The summed E-state index contributed by atoms with van der Waals surface area (Å²) in [6.45, 7) is 4.45. The molecule has 1 aromatic carbocycles. The summed E-state index contributed by atoms with van der Waals surface area (Å²) < 4.78 is 0. The van der Waals surface area contributed by atoms with Gasteiger partial charge in [-0.25, -0.2) is 0 Å². The van der Waals surface area contributed by atoms with Crippen molar-refractivity contribution in [1.82, 2.24) is 0 Å². The van der Waals surface area contributed by atoms with Gasteiger partial charge in [0.15, 0.2) is 0 Å². The summed E-state index contributed by atoms with van der Waals surface area (Å²) in [5.74, 6) is 0.320. The normalized spacial score (nSPS) is 22.7. The lowest BCUT2D eigenvalue weighted by molar-refractivity contribution is 0.627. The molecule has 0 saturated heterocycles. The molecule has 2 aliphatic carbocycles. The van der Waals surface area contributed by atoms with Crippen molar-refractivity contribution in [3.05, 3.63) is 108 Å². The van der Waals surface area contributed by atoms with Crippen LogP contribution in [0.15, 0.2) is 102 Å². The van der Waals surface area contributed by atoms with Gasteiger partial charge in [0.1, 0.15) is 0 Å². The Hall–Kier alpha value is -2.34. The largest absolute Gasteiger partial charge is 0.0751 e. The molecule has 0 N–H and O–H groups in total. The fourth-order valence-corrected chi connectivity index (χ4v) is 2.73. The second-order valence-electron chi connectivity index (χ2n) is 6.44. The van der Waals surface area contributed by atoms with Crippen LogP contribution in [0.2, 0.25) is 0 Å². The Kier molecular flexibility index (Phi) is 4.11.